The Morgan fingerprint density at radius 3 is 2.27 bits per heavy atom. The number of piperazine rings is 1. The average Bonchev–Trinajstić information content (AvgIpc) is 2.62. The standard InChI is InChI=1S/C18H20BrN3O3S/c19-16-2-1-3-17(12-16)26(24,25)22-10-8-21(9-11-22)13-14-4-6-15(7-5-14)18(20)23/h1-7,12H,8-11,13H2,(H2,20,23). The van der Waals surface area contributed by atoms with Crippen LogP contribution in [0.15, 0.2) is 57.9 Å². The highest BCUT2D eigenvalue weighted by Gasteiger charge is 2.28. The van der Waals surface area contributed by atoms with Crippen molar-refractivity contribution in [2.24, 2.45) is 5.73 Å². The van der Waals surface area contributed by atoms with Gasteiger partial charge in [0.25, 0.3) is 0 Å². The van der Waals surface area contributed by atoms with Gasteiger partial charge in [-0.15, -0.1) is 0 Å². The SMILES string of the molecule is NC(=O)c1ccc(CN2CCN(S(=O)(=O)c3cccc(Br)c3)CC2)cc1. The summed E-state index contributed by atoms with van der Waals surface area (Å²) in [4.78, 5) is 13.6. The molecule has 1 amide bonds. The van der Waals surface area contributed by atoms with Crippen molar-refractivity contribution in [1.29, 1.82) is 0 Å². The topological polar surface area (TPSA) is 83.7 Å². The minimum atomic E-state index is -3.47. The quantitative estimate of drug-likeness (QED) is 0.775. The minimum Gasteiger partial charge on any atom is -0.366 e. The van der Waals surface area contributed by atoms with Gasteiger partial charge in [0.05, 0.1) is 4.90 Å². The van der Waals surface area contributed by atoms with Crippen LogP contribution >= 0.6 is 15.9 Å². The van der Waals surface area contributed by atoms with E-state index in [9.17, 15) is 13.2 Å². The Labute approximate surface area is 161 Å². The van der Waals surface area contributed by atoms with Crippen LogP contribution in [-0.2, 0) is 16.6 Å². The van der Waals surface area contributed by atoms with E-state index < -0.39 is 15.9 Å². The van der Waals surface area contributed by atoms with Gasteiger partial charge in [0.1, 0.15) is 0 Å². The van der Waals surface area contributed by atoms with Gasteiger partial charge in [-0.05, 0) is 35.9 Å². The van der Waals surface area contributed by atoms with E-state index in [4.69, 9.17) is 5.73 Å². The summed E-state index contributed by atoms with van der Waals surface area (Å²) in [5, 5.41) is 0. The molecule has 3 rings (SSSR count). The number of hydrogen-bond acceptors (Lipinski definition) is 4. The summed E-state index contributed by atoms with van der Waals surface area (Å²) in [6, 6.07) is 14.0. The van der Waals surface area contributed by atoms with Crippen LogP contribution in [0.4, 0.5) is 0 Å². The number of primary amides is 1. The lowest BCUT2D eigenvalue weighted by Gasteiger charge is -2.34. The average molecular weight is 438 g/mol. The molecule has 1 saturated heterocycles. The van der Waals surface area contributed by atoms with E-state index in [1.54, 1.807) is 36.4 Å². The second kappa shape index (κ2) is 7.87. The van der Waals surface area contributed by atoms with E-state index in [2.05, 4.69) is 20.8 Å². The van der Waals surface area contributed by atoms with E-state index in [-0.39, 0.29) is 0 Å². The maximum atomic E-state index is 12.7. The van der Waals surface area contributed by atoms with E-state index in [0.717, 1.165) is 10.0 Å². The van der Waals surface area contributed by atoms with Gasteiger partial charge in [-0.3, -0.25) is 9.69 Å². The summed E-state index contributed by atoms with van der Waals surface area (Å²) in [5.41, 5.74) is 6.80. The predicted molar refractivity (Wildman–Crippen MR) is 103 cm³/mol. The Hall–Kier alpha value is -1.74. The lowest BCUT2D eigenvalue weighted by atomic mass is 10.1. The molecule has 2 N–H and O–H groups in total. The van der Waals surface area contributed by atoms with Crippen LogP contribution < -0.4 is 5.73 Å². The first-order chi connectivity index (χ1) is 12.4. The Kier molecular flexibility index (Phi) is 5.76. The number of carbonyl (C=O) groups excluding carboxylic acids is 1. The number of amides is 1. The number of benzene rings is 2. The van der Waals surface area contributed by atoms with Crippen LogP contribution in [0.3, 0.4) is 0 Å². The monoisotopic (exact) mass is 437 g/mol. The fourth-order valence-corrected chi connectivity index (χ4v) is 4.96. The van der Waals surface area contributed by atoms with Crippen molar-refractivity contribution >= 4 is 31.9 Å². The molecule has 8 heteroatoms. The van der Waals surface area contributed by atoms with Gasteiger partial charge in [0.2, 0.25) is 15.9 Å². The molecule has 138 valence electrons. The van der Waals surface area contributed by atoms with Gasteiger partial charge in [-0.1, -0.05) is 34.1 Å². The molecule has 6 nitrogen and oxygen atoms in total. The Morgan fingerprint density at radius 1 is 1.04 bits per heavy atom. The van der Waals surface area contributed by atoms with Gasteiger partial charge in [0.15, 0.2) is 0 Å². The van der Waals surface area contributed by atoms with Crippen molar-refractivity contribution in [3.63, 3.8) is 0 Å². The van der Waals surface area contributed by atoms with E-state index in [1.807, 2.05) is 12.1 Å². The number of nitrogens with zero attached hydrogens (tertiary/aromatic N) is 2. The first-order valence-electron chi connectivity index (χ1n) is 8.23. The number of nitrogens with two attached hydrogens (primary N) is 1. The van der Waals surface area contributed by atoms with Crippen molar-refractivity contribution < 1.29 is 13.2 Å². The molecule has 0 saturated carbocycles. The molecule has 0 bridgehead atoms. The first-order valence-corrected chi connectivity index (χ1v) is 10.5. The number of carbonyl (C=O) groups is 1. The third-order valence-corrected chi connectivity index (χ3v) is 6.80. The zero-order valence-electron chi connectivity index (χ0n) is 14.1. The molecule has 1 aliphatic rings. The van der Waals surface area contributed by atoms with Crippen LogP contribution in [0.5, 0.6) is 0 Å². The van der Waals surface area contributed by atoms with E-state index in [0.29, 0.717) is 43.2 Å². The van der Waals surface area contributed by atoms with Crippen LogP contribution in [0.1, 0.15) is 15.9 Å². The van der Waals surface area contributed by atoms with Crippen molar-refractivity contribution in [3.8, 4) is 0 Å². The van der Waals surface area contributed by atoms with Crippen molar-refractivity contribution in [3.05, 3.63) is 64.1 Å². The molecule has 0 aromatic heterocycles. The van der Waals surface area contributed by atoms with Gasteiger partial charge in [0, 0.05) is 42.8 Å². The van der Waals surface area contributed by atoms with Gasteiger partial charge >= 0.3 is 0 Å². The lowest BCUT2D eigenvalue weighted by molar-refractivity contribution is 0.1000. The summed E-state index contributed by atoms with van der Waals surface area (Å²) in [6.07, 6.45) is 0. The molecule has 0 spiro atoms. The number of sulfonamides is 1. The van der Waals surface area contributed by atoms with Crippen molar-refractivity contribution in [2.45, 2.75) is 11.4 Å². The van der Waals surface area contributed by atoms with E-state index >= 15 is 0 Å². The molecule has 0 aliphatic carbocycles. The summed E-state index contributed by atoms with van der Waals surface area (Å²) in [7, 11) is -3.47. The van der Waals surface area contributed by atoms with Gasteiger partial charge in [-0.2, -0.15) is 4.31 Å². The lowest BCUT2D eigenvalue weighted by Crippen LogP contribution is -2.48. The van der Waals surface area contributed by atoms with Gasteiger partial charge in [-0.25, -0.2) is 8.42 Å². The molecule has 0 unspecified atom stereocenters. The molecular weight excluding hydrogens is 418 g/mol. The Balaban J connectivity index is 1.61. The van der Waals surface area contributed by atoms with E-state index in [1.165, 1.54) is 4.31 Å². The smallest absolute Gasteiger partial charge is 0.248 e. The Morgan fingerprint density at radius 2 is 1.69 bits per heavy atom. The normalized spacial score (nSPS) is 16.5. The number of hydrogen-bond donors (Lipinski definition) is 1. The predicted octanol–water partition coefficient (Wildman–Crippen LogP) is 2.05. The largest absolute Gasteiger partial charge is 0.366 e. The van der Waals surface area contributed by atoms with Crippen molar-refractivity contribution in [1.82, 2.24) is 9.21 Å². The first kappa shape index (κ1) is 19.0. The minimum absolute atomic E-state index is 0.308. The molecule has 1 heterocycles. The molecular formula is C18H20BrN3O3S. The van der Waals surface area contributed by atoms with Gasteiger partial charge < -0.3 is 5.73 Å². The fourth-order valence-electron chi connectivity index (χ4n) is 2.94. The molecule has 1 aliphatic heterocycles. The second-order valence-electron chi connectivity index (χ2n) is 6.20. The second-order valence-corrected chi connectivity index (χ2v) is 9.05. The van der Waals surface area contributed by atoms with Crippen molar-refractivity contribution in [2.75, 3.05) is 26.2 Å². The third kappa shape index (κ3) is 4.32. The fraction of sp³-hybridized carbons (Fsp3) is 0.278. The van der Waals surface area contributed by atoms with Crippen LogP contribution in [0.2, 0.25) is 0 Å². The molecule has 26 heavy (non-hydrogen) atoms. The van der Waals surface area contributed by atoms with Crippen LogP contribution in [-0.4, -0.2) is 49.7 Å². The highest BCUT2D eigenvalue weighted by atomic mass is 79.9. The summed E-state index contributed by atoms with van der Waals surface area (Å²) < 4.78 is 27.8. The van der Waals surface area contributed by atoms with Crippen LogP contribution in [0.25, 0.3) is 0 Å². The summed E-state index contributed by atoms with van der Waals surface area (Å²) in [6.45, 7) is 2.93. The summed E-state index contributed by atoms with van der Waals surface area (Å²) in [5.74, 6) is -0.442. The molecule has 2 aromatic rings. The molecule has 2 aromatic carbocycles. The molecule has 1 fully saturated rings. The highest BCUT2D eigenvalue weighted by molar-refractivity contribution is 9.10. The maximum Gasteiger partial charge on any atom is 0.248 e. The number of halogens is 1. The number of rotatable bonds is 5. The summed E-state index contributed by atoms with van der Waals surface area (Å²) >= 11 is 3.32. The zero-order valence-corrected chi connectivity index (χ0v) is 16.5. The maximum absolute atomic E-state index is 12.7. The van der Waals surface area contributed by atoms with Crippen LogP contribution in [0, 0.1) is 0 Å². The molecule has 0 radical (unpaired) electrons. The zero-order chi connectivity index (χ0) is 18.7. The highest BCUT2D eigenvalue weighted by Crippen LogP contribution is 2.21. The Bertz CT molecular complexity index is 892. The third-order valence-electron chi connectivity index (χ3n) is 4.41. The molecule has 0 atom stereocenters.